The Hall–Kier alpha value is -2.06. The van der Waals surface area contributed by atoms with Crippen LogP contribution in [0, 0.1) is 6.92 Å². The average Bonchev–Trinajstić information content (AvgIpc) is 3.04. The summed E-state index contributed by atoms with van der Waals surface area (Å²) in [5.74, 6) is 1.80. The van der Waals surface area contributed by atoms with Crippen molar-refractivity contribution in [3.8, 4) is 5.69 Å². The van der Waals surface area contributed by atoms with Crippen LogP contribution >= 0.6 is 15.9 Å². The summed E-state index contributed by atoms with van der Waals surface area (Å²) in [6.07, 6.45) is 0.911. The molecule has 3 aromatic rings. The van der Waals surface area contributed by atoms with Gasteiger partial charge in [-0.2, -0.15) is 4.68 Å². The molecule has 2 aromatic heterocycles. The van der Waals surface area contributed by atoms with Crippen LogP contribution < -0.4 is 5.32 Å². The van der Waals surface area contributed by atoms with Gasteiger partial charge in [0.2, 0.25) is 0 Å². The van der Waals surface area contributed by atoms with Crippen LogP contribution in [0.1, 0.15) is 44.5 Å². The molecule has 2 heterocycles. The molecule has 0 spiro atoms. The fourth-order valence-electron chi connectivity index (χ4n) is 2.90. The lowest BCUT2D eigenvalue weighted by atomic mass is 10.0. The number of hydrogen-bond acceptors (Lipinski definition) is 6. The monoisotopic (exact) mass is 432 g/mol. The van der Waals surface area contributed by atoms with Crippen LogP contribution in [-0.4, -0.2) is 44.7 Å². The molecule has 1 atom stereocenters. The zero-order valence-electron chi connectivity index (χ0n) is 16.3. The average molecular weight is 433 g/mol. The Morgan fingerprint density at radius 3 is 2.67 bits per heavy atom. The largest absolute Gasteiger partial charge is 0.383 e. The summed E-state index contributed by atoms with van der Waals surface area (Å²) in [5, 5.41) is 12.1. The third-order valence-electron chi connectivity index (χ3n) is 4.48. The van der Waals surface area contributed by atoms with Gasteiger partial charge in [-0.25, -0.2) is 9.97 Å². The minimum absolute atomic E-state index is 0.148. The van der Waals surface area contributed by atoms with Crippen molar-refractivity contribution in [3.05, 3.63) is 34.1 Å². The van der Waals surface area contributed by atoms with E-state index in [2.05, 4.69) is 74.4 Å². The number of methoxy groups -OCH3 is 1. The van der Waals surface area contributed by atoms with Gasteiger partial charge < -0.3 is 10.1 Å². The number of aryl methyl sites for hydroxylation is 1. The molecule has 0 saturated heterocycles. The first-order valence-corrected chi connectivity index (χ1v) is 9.89. The summed E-state index contributed by atoms with van der Waals surface area (Å²) in [7, 11) is 1.69. The number of nitrogens with zero attached hydrogens (tertiary/aromatic N) is 5. The minimum atomic E-state index is 0.148. The number of rotatable bonds is 7. The molecule has 0 amide bonds. The van der Waals surface area contributed by atoms with E-state index in [4.69, 9.17) is 4.74 Å². The van der Waals surface area contributed by atoms with Crippen molar-refractivity contribution in [2.75, 3.05) is 19.0 Å². The molecule has 0 radical (unpaired) electrons. The Kier molecular flexibility index (Phi) is 6.06. The van der Waals surface area contributed by atoms with Crippen LogP contribution in [0.2, 0.25) is 0 Å². The van der Waals surface area contributed by atoms with E-state index in [-0.39, 0.29) is 6.04 Å². The van der Waals surface area contributed by atoms with Crippen LogP contribution in [0.5, 0.6) is 0 Å². The molecule has 27 heavy (non-hydrogen) atoms. The van der Waals surface area contributed by atoms with E-state index in [1.54, 1.807) is 11.8 Å². The first-order valence-electron chi connectivity index (χ1n) is 9.09. The smallest absolute Gasteiger partial charge is 0.189 e. The molecule has 7 nitrogen and oxygen atoms in total. The second-order valence-electron chi connectivity index (χ2n) is 6.86. The van der Waals surface area contributed by atoms with E-state index in [0.717, 1.165) is 16.6 Å². The third-order valence-corrected chi connectivity index (χ3v) is 5.12. The van der Waals surface area contributed by atoms with Crippen LogP contribution in [0.4, 0.5) is 5.82 Å². The topological polar surface area (TPSA) is 77.8 Å². The van der Waals surface area contributed by atoms with Crippen LogP contribution in [0.3, 0.4) is 0 Å². The van der Waals surface area contributed by atoms with Crippen LogP contribution in [-0.2, 0) is 4.74 Å². The predicted molar refractivity (Wildman–Crippen MR) is 111 cm³/mol. The van der Waals surface area contributed by atoms with Gasteiger partial charge in [-0.05, 0) is 52.9 Å². The fraction of sp³-hybridized carbons (Fsp3) is 0.474. The first-order chi connectivity index (χ1) is 12.9. The van der Waals surface area contributed by atoms with Crippen molar-refractivity contribution < 1.29 is 4.74 Å². The highest BCUT2D eigenvalue weighted by Crippen LogP contribution is 2.28. The van der Waals surface area contributed by atoms with Crippen molar-refractivity contribution in [2.45, 2.75) is 46.1 Å². The number of aromatic nitrogens is 5. The van der Waals surface area contributed by atoms with Gasteiger partial charge in [0.05, 0.1) is 18.3 Å². The van der Waals surface area contributed by atoms with E-state index >= 15 is 0 Å². The maximum absolute atomic E-state index is 5.28. The molecule has 0 saturated carbocycles. The van der Waals surface area contributed by atoms with Crippen LogP contribution in [0.25, 0.3) is 16.9 Å². The number of hydrogen-bond donors (Lipinski definition) is 1. The molecule has 1 aromatic carbocycles. The lowest BCUT2D eigenvalue weighted by molar-refractivity contribution is 0.184. The molecule has 0 aliphatic rings. The highest BCUT2D eigenvalue weighted by atomic mass is 79.9. The van der Waals surface area contributed by atoms with E-state index in [1.807, 2.05) is 13.0 Å². The summed E-state index contributed by atoms with van der Waals surface area (Å²) < 4.78 is 7.98. The molecule has 3 rings (SSSR count). The van der Waals surface area contributed by atoms with Gasteiger partial charge in [0.25, 0.3) is 0 Å². The summed E-state index contributed by atoms with van der Waals surface area (Å²) in [4.78, 5) is 9.12. The SMILES string of the molecule is CC[C@@H](COC)Nc1nc(C)nc2c1nnn2-c1ccc(C(C)C)cc1Br. The Balaban J connectivity index is 2.07. The fourth-order valence-corrected chi connectivity index (χ4v) is 3.46. The predicted octanol–water partition coefficient (Wildman–Crippen LogP) is 4.24. The van der Waals surface area contributed by atoms with Gasteiger partial charge in [0, 0.05) is 11.6 Å². The van der Waals surface area contributed by atoms with Crippen LogP contribution in [0.15, 0.2) is 22.7 Å². The minimum Gasteiger partial charge on any atom is -0.383 e. The maximum Gasteiger partial charge on any atom is 0.189 e. The molecule has 0 aliphatic heterocycles. The molecular formula is C19H25BrN6O. The van der Waals surface area contributed by atoms with Crippen molar-refractivity contribution in [1.29, 1.82) is 0 Å². The number of nitrogens with one attached hydrogen (secondary N) is 1. The standard InChI is InChI=1S/C19H25BrN6O/c1-6-14(10-27-5)23-18-17-19(22-12(4)21-18)26(25-24-17)16-8-7-13(11(2)3)9-15(16)20/h7-9,11,14H,6,10H2,1-5H3,(H,21,22,23)/t14-/m0/s1. The quantitative estimate of drug-likeness (QED) is 0.601. The Labute approximate surface area is 167 Å². The summed E-state index contributed by atoms with van der Waals surface area (Å²) in [5.41, 5.74) is 3.48. The molecule has 0 fully saturated rings. The second kappa shape index (κ2) is 8.31. The highest BCUT2D eigenvalue weighted by Gasteiger charge is 2.18. The van der Waals surface area contributed by atoms with Crippen molar-refractivity contribution in [3.63, 3.8) is 0 Å². The molecular weight excluding hydrogens is 408 g/mol. The van der Waals surface area contributed by atoms with Gasteiger partial charge >= 0.3 is 0 Å². The van der Waals surface area contributed by atoms with Gasteiger partial charge in [0.15, 0.2) is 17.0 Å². The summed E-state index contributed by atoms with van der Waals surface area (Å²) in [6.45, 7) is 8.91. The lowest BCUT2D eigenvalue weighted by Gasteiger charge is -2.16. The number of anilines is 1. The Morgan fingerprint density at radius 1 is 1.26 bits per heavy atom. The number of fused-ring (bicyclic) bond motifs is 1. The zero-order valence-corrected chi connectivity index (χ0v) is 17.9. The van der Waals surface area contributed by atoms with E-state index < -0.39 is 0 Å². The van der Waals surface area contributed by atoms with E-state index in [9.17, 15) is 0 Å². The van der Waals surface area contributed by atoms with Crippen molar-refractivity contribution in [1.82, 2.24) is 25.0 Å². The van der Waals surface area contributed by atoms with Gasteiger partial charge in [-0.15, -0.1) is 5.10 Å². The normalized spacial score (nSPS) is 12.7. The molecule has 1 N–H and O–H groups in total. The maximum atomic E-state index is 5.28. The molecule has 144 valence electrons. The summed E-state index contributed by atoms with van der Waals surface area (Å²) in [6, 6.07) is 6.41. The number of benzene rings is 1. The van der Waals surface area contributed by atoms with E-state index in [0.29, 0.717) is 35.3 Å². The highest BCUT2D eigenvalue weighted by molar-refractivity contribution is 9.10. The summed E-state index contributed by atoms with van der Waals surface area (Å²) >= 11 is 3.67. The Morgan fingerprint density at radius 2 is 2.04 bits per heavy atom. The second-order valence-corrected chi connectivity index (χ2v) is 7.72. The first kappa shape index (κ1) is 19.7. The Bertz CT molecular complexity index is 939. The number of halogens is 1. The number of ether oxygens (including phenoxy) is 1. The van der Waals surface area contributed by atoms with Crippen molar-refractivity contribution >= 4 is 32.9 Å². The van der Waals surface area contributed by atoms with Gasteiger partial charge in [0.1, 0.15) is 5.82 Å². The zero-order chi connectivity index (χ0) is 19.6. The third kappa shape index (κ3) is 4.11. The molecule has 8 heteroatoms. The van der Waals surface area contributed by atoms with E-state index in [1.165, 1.54) is 5.56 Å². The van der Waals surface area contributed by atoms with Gasteiger partial charge in [-0.3, -0.25) is 0 Å². The van der Waals surface area contributed by atoms with Crippen molar-refractivity contribution in [2.24, 2.45) is 0 Å². The molecule has 0 aliphatic carbocycles. The van der Waals surface area contributed by atoms with Gasteiger partial charge in [-0.1, -0.05) is 32.1 Å². The lowest BCUT2D eigenvalue weighted by Crippen LogP contribution is -2.25. The molecule has 0 bridgehead atoms. The molecule has 0 unspecified atom stereocenters.